The van der Waals surface area contributed by atoms with Crippen LogP contribution in [0.25, 0.3) is 0 Å². The molecule has 0 N–H and O–H groups in total. The smallest absolute Gasteiger partial charge is 0.123 e. The highest BCUT2D eigenvalue weighted by atomic mass is 32.2. The van der Waals surface area contributed by atoms with Crippen LogP contribution in [0.4, 0.5) is 11.4 Å². The van der Waals surface area contributed by atoms with Gasteiger partial charge in [-0.3, -0.25) is 0 Å². The lowest BCUT2D eigenvalue weighted by molar-refractivity contribution is 0.201. The average molecular weight is 358 g/mol. The topological polar surface area (TPSA) is 24.9 Å². The molecular formula is C18H18N2O2S2. The Bertz CT molecular complexity index is 729. The standard InChI is InChI=1S/C18H18N2O2S2/c1-21-11-19-13-7-3-5-9-15(13)23-17(19)18-20(12-22-2)14-8-4-6-10-16(14)24-18/h3-10H,11-12H2,1-2H3/b18-17+. The van der Waals surface area contributed by atoms with Crippen molar-refractivity contribution in [2.45, 2.75) is 9.79 Å². The highest BCUT2D eigenvalue weighted by Gasteiger charge is 2.34. The minimum absolute atomic E-state index is 0.528. The number of hydrogen-bond donors (Lipinski definition) is 0. The van der Waals surface area contributed by atoms with Crippen molar-refractivity contribution in [3.63, 3.8) is 0 Å². The normalized spacial score (nSPS) is 18.9. The van der Waals surface area contributed by atoms with Crippen molar-refractivity contribution in [3.8, 4) is 0 Å². The number of methoxy groups -OCH3 is 2. The van der Waals surface area contributed by atoms with E-state index in [2.05, 4.69) is 58.3 Å². The first kappa shape index (κ1) is 15.9. The van der Waals surface area contributed by atoms with Crippen molar-refractivity contribution in [1.29, 1.82) is 0 Å². The first-order valence-electron chi connectivity index (χ1n) is 7.64. The third-order valence-electron chi connectivity index (χ3n) is 3.92. The second kappa shape index (κ2) is 6.72. The summed E-state index contributed by atoms with van der Waals surface area (Å²) < 4.78 is 10.9. The quantitative estimate of drug-likeness (QED) is 0.795. The van der Waals surface area contributed by atoms with Crippen molar-refractivity contribution in [3.05, 3.63) is 58.6 Å². The minimum Gasteiger partial charge on any atom is -0.364 e. The summed E-state index contributed by atoms with van der Waals surface area (Å²) in [4.78, 5) is 6.98. The van der Waals surface area contributed by atoms with E-state index in [1.54, 1.807) is 37.7 Å². The Labute approximate surface area is 150 Å². The van der Waals surface area contributed by atoms with Gasteiger partial charge in [-0.2, -0.15) is 0 Å². The lowest BCUT2D eigenvalue weighted by Crippen LogP contribution is -2.27. The SMILES string of the molecule is COCN1/C(=C2\Sc3ccccc3N2COC)Sc2ccccc21. The Balaban J connectivity index is 1.81. The number of hydrogen-bond acceptors (Lipinski definition) is 6. The van der Waals surface area contributed by atoms with Crippen LogP contribution in [-0.2, 0) is 9.47 Å². The van der Waals surface area contributed by atoms with Crippen LogP contribution in [0.1, 0.15) is 0 Å². The van der Waals surface area contributed by atoms with E-state index in [9.17, 15) is 0 Å². The summed E-state index contributed by atoms with van der Waals surface area (Å²) in [7, 11) is 3.47. The molecule has 0 unspecified atom stereocenters. The monoisotopic (exact) mass is 358 g/mol. The maximum Gasteiger partial charge on any atom is 0.123 e. The predicted molar refractivity (Wildman–Crippen MR) is 100 cm³/mol. The fourth-order valence-electron chi connectivity index (χ4n) is 2.90. The molecule has 0 saturated heterocycles. The number of nitrogens with zero attached hydrogens (tertiary/aromatic N) is 2. The molecule has 2 aliphatic rings. The molecule has 0 amide bonds. The van der Waals surface area contributed by atoms with Gasteiger partial charge in [0, 0.05) is 24.0 Å². The molecule has 2 heterocycles. The average Bonchev–Trinajstić information content (AvgIpc) is 3.15. The Hall–Kier alpha value is -1.60. The van der Waals surface area contributed by atoms with Crippen LogP contribution in [0.3, 0.4) is 0 Å². The molecule has 2 aromatic carbocycles. The molecule has 4 nitrogen and oxygen atoms in total. The Kier molecular flexibility index (Phi) is 4.45. The summed E-state index contributed by atoms with van der Waals surface area (Å²) in [5.74, 6) is 0. The van der Waals surface area contributed by atoms with Crippen LogP contribution >= 0.6 is 23.5 Å². The number of fused-ring (bicyclic) bond motifs is 2. The molecule has 0 aromatic heterocycles. The lowest BCUT2D eigenvalue weighted by Gasteiger charge is -2.25. The van der Waals surface area contributed by atoms with Gasteiger partial charge in [0.15, 0.2) is 0 Å². The van der Waals surface area contributed by atoms with Gasteiger partial charge >= 0.3 is 0 Å². The fraction of sp³-hybridized carbons (Fsp3) is 0.222. The van der Waals surface area contributed by atoms with E-state index in [4.69, 9.17) is 9.47 Å². The fourth-order valence-corrected chi connectivity index (χ4v) is 5.35. The summed E-state index contributed by atoms with van der Waals surface area (Å²) in [6, 6.07) is 16.9. The molecule has 24 heavy (non-hydrogen) atoms. The van der Waals surface area contributed by atoms with Crippen LogP contribution in [0.15, 0.2) is 68.4 Å². The number of ether oxygens (including phenoxy) is 2. The van der Waals surface area contributed by atoms with Crippen molar-refractivity contribution in [1.82, 2.24) is 0 Å². The molecule has 0 aliphatic carbocycles. The molecule has 0 spiro atoms. The molecule has 2 aromatic rings. The Morgan fingerprint density at radius 3 is 1.54 bits per heavy atom. The molecular weight excluding hydrogens is 340 g/mol. The van der Waals surface area contributed by atoms with Crippen LogP contribution in [0.5, 0.6) is 0 Å². The highest BCUT2D eigenvalue weighted by Crippen LogP contribution is 2.54. The second-order valence-corrected chi connectivity index (χ2v) is 7.50. The predicted octanol–water partition coefficient (Wildman–Crippen LogP) is 4.55. The van der Waals surface area contributed by atoms with Crippen molar-refractivity contribution >= 4 is 34.9 Å². The maximum atomic E-state index is 5.46. The summed E-state index contributed by atoms with van der Waals surface area (Å²) in [6.07, 6.45) is 0. The Morgan fingerprint density at radius 1 is 0.708 bits per heavy atom. The van der Waals surface area contributed by atoms with Crippen molar-refractivity contribution in [2.75, 3.05) is 37.5 Å². The van der Waals surface area contributed by atoms with E-state index in [1.807, 2.05) is 0 Å². The Morgan fingerprint density at radius 2 is 1.12 bits per heavy atom. The summed E-state index contributed by atoms with van der Waals surface area (Å²) in [5, 5.41) is 2.38. The van der Waals surface area contributed by atoms with Crippen LogP contribution in [0, 0.1) is 0 Å². The second-order valence-electron chi connectivity index (χ2n) is 5.44. The van der Waals surface area contributed by atoms with Gasteiger partial charge in [0.25, 0.3) is 0 Å². The molecule has 124 valence electrons. The number of para-hydroxylation sites is 2. The van der Waals surface area contributed by atoms with Gasteiger partial charge in [0.05, 0.1) is 11.4 Å². The minimum atomic E-state index is 0.528. The number of rotatable bonds is 4. The van der Waals surface area contributed by atoms with E-state index in [1.165, 1.54) is 31.2 Å². The van der Waals surface area contributed by atoms with Gasteiger partial charge < -0.3 is 19.3 Å². The van der Waals surface area contributed by atoms with E-state index >= 15 is 0 Å². The summed E-state index contributed by atoms with van der Waals surface area (Å²) in [6.45, 7) is 1.06. The first-order chi connectivity index (χ1) is 11.8. The number of thioether (sulfide) groups is 2. The van der Waals surface area contributed by atoms with Gasteiger partial charge in [-0.1, -0.05) is 47.8 Å². The zero-order valence-corrected chi connectivity index (χ0v) is 15.2. The van der Waals surface area contributed by atoms with E-state index in [0.29, 0.717) is 13.5 Å². The largest absolute Gasteiger partial charge is 0.364 e. The molecule has 4 rings (SSSR count). The van der Waals surface area contributed by atoms with Gasteiger partial charge in [0.1, 0.15) is 23.5 Å². The van der Waals surface area contributed by atoms with E-state index in [-0.39, 0.29) is 0 Å². The maximum absolute atomic E-state index is 5.46. The zero-order chi connectivity index (χ0) is 16.5. The molecule has 0 saturated carbocycles. The van der Waals surface area contributed by atoms with Gasteiger partial charge in [0.2, 0.25) is 0 Å². The number of benzene rings is 2. The molecule has 0 bridgehead atoms. The van der Waals surface area contributed by atoms with Crippen LogP contribution in [-0.4, -0.2) is 27.7 Å². The van der Waals surface area contributed by atoms with Gasteiger partial charge in [-0.05, 0) is 24.3 Å². The zero-order valence-electron chi connectivity index (χ0n) is 13.6. The lowest BCUT2D eigenvalue weighted by atomic mass is 10.3. The van der Waals surface area contributed by atoms with Gasteiger partial charge in [-0.15, -0.1) is 0 Å². The molecule has 0 atom stereocenters. The molecule has 2 aliphatic heterocycles. The third kappa shape index (κ3) is 2.59. The van der Waals surface area contributed by atoms with Gasteiger partial charge in [-0.25, -0.2) is 0 Å². The van der Waals surface area contributed by atoms with E-state index < -0.39 is 0 Å². The van der Waals surface area contributed by atoms with Crippen LogP contribution in [0.2, 0.25) is 0 Å². The molecule has 0 fully saturated rings. The highest BCUT2D eigenvalue weighted by molar-refractivity contribution is 8.07. The molecule has 6 heteroatoms. The number of anilines is 2. The van der Waals surface area contributed by atoms with Crippen molar-refractivity contribution in [2.24, 2.45) is 0 Å². The van der Waals surface area contributed by atoms with E-state index in [0.717, 1.165) is 0 Å². The molecule has 0 radical (unpaired) electrons. The summed E-state index contributed by atoms with van der Waals surface area (Å²) in [5.41, 5.74) is 2.39. The van der Waals surface area contributed by atoms with Crippen LogP contribution < -0.4 is 9.80 Å². The van der Waals surface area contributed by atoms with Crippen molar-refractivity contribution < 1.29 is 9.47 Å². The third-order valence-corrected chi connectivity index (χ3v) is 6.39. The summed E-state index contributed by atoms with van der Waals surface area (Å²) >= 11 is 3.58. The first-order valence-corrected chi connectivity index (χ1v) is 9.27.